The van der Waals surface area contributed by atoms with Crippen molar-refractivity contribution in [3.05, 3.63) is 48.2 Å². The first-order valence-electron chi connectivity index (χ1n) is 6.61. The second-order valence-corrected chi connectivity index (χ2v) is 8.95. The number of ether oxygens (including phenoxy) is 1. The standard InChI is InChI=1S/C14H13F3N2O4S2/c1-23-11-4-6-12(7-5-11)25(21,22)19-24(2,20)13-8-3-10(9-18-13)14(15,16)17/h3-9H,1-2H3/t24-/m0/s1. The Morgan fingerprint density at radius 2 is 1.64 bits per heavy atom. The summed E-state index contributed by atoms with van der Waals surface area (Å²) in [5.41, 5.74) is -1.04. The summed E-state index contributed by atoms with van der Waals surface area (Å²) < 4.78 is 82.9. The topological polar surface area (TPSA) is 85.7 Å². The molecule has 0 spiro atoms. The molecule has 1 aromatic heterocycles. The van der Waals surface area contributed by atoms with Gasteiger partial charge in [-0.15, -0.1) is 3.77 Å². The lowest BCUT2D eigenvalue weighted by Gasteiger charge is -2.08. The predicted octanol–water partition coefficient (Wildman–Crippen LogP) is 2.95. The van der Waals surface area contributed by atoms with Crippen molar-refractivity contribution < 1.29 is 30.5 Å². The van der Waals surface area contributed by atoms with Crippen LogP contribution in [0, 0.1) is 0 Å². The molecule has 0 aliphatic heterocycles. The molecule has 0 amide bonds. The minimum absolute atomic E-state index is 0.227. The molecular weight excluding hydrogens is 381 g/mol. The van der Waals surface area contributed by atoms with Gasteiger partial charge in [-0.05, 0) is 36.4 Å². The van der Waals surface area contributed by atoms with Crippen LogP contribution in [0.4, 0.5) is 13.2 Å². The number of nitrogens with zero attached hydrogens (tertiary/aromatic N) is 2. The fourth-order valence-electron chi connectivity index (χ4n) is 1.79. The van der Waals surface area contributed by atoms with E-state index in [2.05, 4.69) is 8.75 Å². The minimum Gasteiger partial charge on any atom is -0.497 e. The maximum absolute atomic E-state index is 12.5. The Bertz CT molecular complexity index is 976. The van der Waals surface area contributed by atoms with Gasteiger partial charge in [0.1, 0.15) is 20.5 Å². The average Bonchev–Trinajstić information content (AvgIpc) is 2.53. The third-order valence-electron chi connectivity index (χ3n) is 3.05. The molecular formula is C14H13F3N2O4S2. The van der Waals surface area contributed by atoms with E-state index in [0.29, 0.717) is 18.0 Å². The number of aromatic nitrogens is 1. The monoisotopic (exact) mass is 394 g/mol. The van der Waals surface area contributed by atoms with Gasteiger partial charge >= 0.3 is 6.18 Å². The van der Waals surface area contributed by atoms with Crippen LogP contribution in [0.3, 0.4) is 0 Å². The number of pyridine rings is 1. The van der Waals surface area contributed by atoms with Gasteiger partial charge in [-0.3, -0.25) is 0 Å². The highest BCUT2D eigenvalue weighted by Gasteiger charge is 2.31. The van der Waals surface area contributed by atoms with Gasteiger partial charge in [-0.2, -0.15) is 21.6 Å². The van der Waals surface area contributed by atoms with E-state index in [9.17, 15) is 25.8 Å². The van der Waals surface area contributed by atoms with Gasteiger partial charge in [0.2, 0.25) is 0 Å². The highest BCUT2D eigenvalue weighted by Crippen LogP contribution is 2.29. The van der Waals surface area contributed by atoms with Crippen LogP contribution in [0.25, 0.3) is 0 Å². The molecule has 0 bridgehead atoms. The smallest absolute Gasteiger partial charge is 0.417 e. The van der Waals surface area contributed by atoms with Crippen LogP contribution in [0.5, 0.6) is 5.75 Å². The van der Waals surface area contributed by atoms with E-state index < -0.39 is 31.5 Å². The molecule has 1 heterocycles. The molecule has 0 aliphatic rings. The van der Waals surface area contributed by atoms with Gasteiger partial charge in [0.25, 0.3) is 10.0 Å². The number of halogens is 3. The summed E-state index contributed by atoms with van der Waals surface area (Å²) in [6, 6.07) is 6.71. The molecule has 0 saturated heterocycles. The van der Waals surface area contributed by atoms with Gasteiger partial charge in [0, 0.05) is 12.5 Å². The fourth-order valence-corrected chi connectivity index (χ4v) is 4.98. The Morgan fingerprint density at radius 1 is 1.04 bits per heavy atom. The third kappa shape index (κ3) is 4.48. The lowest BCUT2D eigenvalue weighted by Crippen LogP contribution is -2.09. The van der Waals surface area contributed by atoms with E-state index in [1.165, 1.54) is 31.4 Å². The SMILES string of the molecule is COc1ccc(S(=O)(=O)N=[S@@](C)(=O)c2ccc(C(F)(F)F)cn2)cc1. The van der Waals surface area contributed by atoms with Crippen molar-refractivity contribution >= 4 is 19.8 Å². The Labute approximate surface area is 142 Å². The summed E-state index contributed by atoms with van der Waals surface area (Å²) in [6.07, 6.45) is -3.13. The van der Waals surface area contributed by atoms with Crippen LogP contribution < -0.4 is 4.74 Å². The lowest BCUT2D eigenvalue weighted by molar-refractivity contribution is -0.137. The second-order valence-electron chi connectivity index (χ2n) is 4.91. The zero-order valence-corrected chi connectivity index (χ0v) is 14.7. The van der Waals surface area contributed by atoms with Crippen LogP contribution in [0.1, 0.15) is 5.56 Å². The summed E-state index contributed by atoms with van der Waals surface area (Å²) in [6.45, 7) is 0. The molecule has 2 rings (SSSR count). The summed E-state index contributed by atoms with van der Waals surface area (Å²) in [5, 5.41) is -0.363. The minimum atomic E-state index is -4.60. The largest absolute Gasteiger partial charge is 0.497 e. The van der Waals surface area contributed by atoms with Crippen molar-refractivity contribution in [3.63, 3.8) is 0 Å². The Morgan fingerprint density at radius 3 is 2.08 bits per heavy atom. The van der Waals surface area contributed by atoms with Gasteiger partial charge in [-0.25, -0.2) is 9.19 Å². The van der Waals surface area contributed by atoms with Gasteiger partial charge in [-0.1, -0.05) is 0 Å². The van der Waals surface area contributed by atoms with Gasteiger partial charge in [0.05, 0.1) is 17.6 Å². The van der Waals surface area contributed by atoms with Crippen LogP contribution >= 0.6 is 0 Å². The highest BCUT2D eigenvalue weighted by molar-refractivity contribution is 8.02. The van der Waals surface area contributed by atoms with Crippen LogP contribution in [-0.4, -0.2) is 31.0 Å². The maximum atomic E-state index is 12.5. The molecule has 1 aromatic carbocycles. The highest BCUT2D eigenvalue weighted by atomic mass is 32.3. The van der Waals surface area contributed by atoms with Crippen LogP contribution in [0.15, 0.2) is 56.3 Å². The number of rotatable bonds is 4. The molecule has 6 nitrogen and oxygen atoms in total. The second kappa shape index (κ2) is 6.64. The fraction of sp³-hybridized carbons (Fsp3) is 0.214. The van der Waals surface area contributed by atoms with Crippen molar-refractivity contribution in [1.29, 1.82) is 0 Å². The molecule has 0 aliphatic carbocycles. The number of hydrogen-bond donors (Lipinski definition) is 0. The van der Waals surface area contributed by atoms with E-state index in [1.54, 1.807) is 0 Å². The number of sulfonamides is 1. The molecule has 25 heavy (non-hydrogen) atoms. The molecule has 0 saturated carbocycles. The van der Waals surface area contributed by atoms with Crippen LogP contribution in [-0.2, 0) is 25.9 Å². The van der Waals surface area contributed by atoms with Crippen LogP contribution in [0.2, 0.25) is 0 Å². The summed E-state index contributed by atoms with van der Waals surface area (Å²) >= 11 is 0. The third-order valence-corrected chi connectivity index (χ3v) is 6.86. The van der Waals surface area contributed by atoms with Gasteiger partial charge in [0.15, 0.2) is 0 Å². The number of hydrogen-bond acceptors (Lipinski definition) is 5. The van der Waals surface area contributed by atoms with E-state index >= 15 is 0 Å². The van der Waals surface area contributed by atoms with Crippen molar-refractivity contribution in [2.75, 3.05) is 13.4 Å². The summed E-state index contributed by atoms with van der Waals surface area (Å²) in [7, 11) is -6.46. The molecule has 0 radical (unpaired) electrons. The molecule has 0 fully saturated rings. The molecule has 136 valence electrons. The number of benzene rings is 1. The molecule has 2 aromatic rings. The van der Waals surface area contributed by atoms with Gasteiger partial charge < -0.3 is 4.74 Å². The first kappa shape index (κ1) is 19.2. The van der Waals surface area contributed by atoms with Crippen molar-refractivity contribution in [2.45, 2.75) is 16.1 Å². The Kier molecular flexibility index (Phi) is 5.09. The molecule has 11 heteroatoms. The normalized spacial score (nSPS) is 14.6. The zero-order chi connectivity index (χ0) is 18.9. The molecule has 0 N–H and O–H groups in total. The Hall–Kier alpha value is -2.14. The zero-order valence-electron chi connectivity index (χ0n) is 13.0. The molecule has 0 unspecified atom stereocenters. The average molecular weight is 394 g/mol. The quantitative estimate of drug-likeness (QED) is 0.796. The Balaban J connectivity index is 2.44. The van der Waals surface area contributed by atoms with E-state index in [0.717, 1.165) is 12.3 Å². The first-order valence-corrected chi connectivity index (χ1v) is 9.98. The first-order chi connectivity index (χ1) is 11.5. The van der Waals surface area contributed by atoms with E-state index in [1.807, 2.05) is 0 Å². The number of methoxy groups -OCH3 is 1. The van der Waals surface area contributed by atoms with E-state index in [-0.39, 0.29) is 9.92 Å². The summed E-state index contributed by atoms with van der Waals surface area (Å²) in [5.74, 6) is 0.417. The maximum Gasteiger partial charge on any atom is 0.417 e. The van der Waals surface area contributed by atoms with E-state index in [4.69, 9.17) is 4.74 Å². The van der Waals surface area contributed by atoms with Crippen molar-refractivity contribution in [1.82, 2.24) is 4.98 Å². The summed E-state index contributed by atoms with van der Waals surface area (Å²) in [4.78, 5) is 3.22. The number of alkyl halides is 3. The lowest BCUT2D eigenvalue weighted by atomic mass is 10.3. The molecule has 1 atom stereocenters. The van der Waals surface area contributed by atoms with Crippen molar-refractivity contribution in [2.24, 2.45) is 3.77 Å². The van der Waals surface area contributed by atoms with Crippen molar-refractivity contribution in [3.8, 4) is 5.75 Å². The predicted molar refractivity (Wildman–Crippen MR) is 84.2 cm³/mol.